The molecule has 0 spiro atoms. The number of halogens is 3. The second-order valence-corrected chi connectivity index (χ2v) is 7.12. The van der Waals surface area contributed by atoms with Gasteiger partial charge in [-0.15, -0.1) is 0 Å². The standard InChI is InChI=1S/C16H25F3O/c1-10-6-11(2)8-13(7-10)15(20)12-4-3-5-14(9-12)16(17,18)19/h10-14H,3-9H2,1-2H3. The summed E-state index contributed by atoms with van der Waals surface area (Å²) in [5, 5.41) is 0. The molecule has 2 saturated carbocycles. The zero-order valence-electron chi connectivity index (χ0n) is 12.4. The van der Waals surface area contributed by atoms with Crippen LogP contribution in [0.3, 0.4) is 0 Å². The van der Waals surface area contributed by atoms with Crippen LogP contribution in [0.4, 0.5) is 13.2 Å². The number of ketones is 1. The van der Waals surface area contributed by atoms with Gasteiger partial charge in [0.2, 0.25) is 0 Å². The van der Waals surface area contributed by atoms with E-state index in [0.717, 1.165) is 19.3 Å². The molecule has 0 radical (unpaired) electrons. The molecule has 4 heteroatoms. The number of carbonyl (C=O) groups excluding carboxylic acids is 1. The Kier molecular flexibility index (Phi) is 4.80. The highest BCUT2D eigenvalue weighted by molar-refractivity contribution is 5.83. The van der Waals surface area contributed by atoms with E-state index in [1.165, 1.54) is 0 Å². The van der Waals surface area contributed by atoms with Gasteiger partial charge in [0.25, 0.3) is 0 Å². The number of rotatable bonds is 2. The number of hydrogen-bond donors (Lipinski definition) is 0. The lowest BCUT2D eigenvalue weighted by atomic mass is 9.69. The molecule has 2 aliphatic rings. The first-order valence-electron chi connectivity index (χ1n) is 7.87. The molecule has 0 aliphatic heterocycles. The Morgan fingerprint density at radius 1 is 0.900 bits per heavy atom. The summed E-state index contributed by atoms with van der Waals surface area (Å²) in [4.78, 5) is 12.5. The van der Waals surface area contributed by atoms with Crippen molar-refractivity contribution in [2.45, 2.75) is 65.0 Å². The number of hydrogen-bond acceptors (Lipinski definition) is 1. The van der Waals surface area contributed by atoms with E-state index < -0.39 is 12.1 Å². The number of Topliss-reactive ketones (excluding diaryl/α,β-unsaturated/α-hetero) is 1. The molecule has 0 amide bonds. The topological polar surface area (TPSA) is 17.1 Å². The van der Waals surface area contributed by atoms with Gasteiger partial charge in [-0.1, -0.05) is 20.3 Å². The minimum Gasteiger partial charge on any atom is -0.299 e. The minimum absolute atomic E-state index is 0.00531. The number of carbonyl (C=O) groups is 1. The monoisotopic (exact) mass is 290 g/mol. The highest BCUT2D eigenvalue weighted by Gasteiger charge is 2.44. The first-order chi connectivity index (χ1) is 9.27. The van der Waals surface area contributed by atoms with Crippen LogP contribution in [0.1, 0.15) is 58.8 Å². The van der Waals surface area contributed by atoms with E-state index in [0.29, 0.717) is 24.7 Å². The van der Waals surface area contributed by atoms with Crippen molar-refractivity contribution in [1.82, 2.24) is 0 Å². The van der Waals surface area contributed by atoms with E-state index in [2.05, 4.69) is 13.8 Å². The van der Waals surface area contributed by atoms with Gasteiger partial charge in [0.05, 0.1) is 5.92 Å². The molecule has 0 aromatic carbocycles. The second-order valence-electron chi connectivity index (χ2n) is 7.12. The van der Waals surface area contributed by atoms with Crippen LogP contribution in [0.15, 0.2) is 0 Å². The van der Waals surface area contributed by atoms with Gasteiger partial charge >= 0.3 is 6.18 Å². The van der Waals surface area contributed by atoms with Crippen molar-refractivity contribution in [3.05, 3.63) is 0 Å². The van der Waals surface area contributed by atoms with Crippen LogP contribution in [0.5, 0.6) is 0 Å². The summed E-state index contributed by atoms with van der Waals surface area (Å²) in [6.45, 7) is 4.30. The smallest absolute Gasteiger partial charge is 0.299 e. The molecule has 0 saturated heterocycles. The fourth-order valence-corrected chi connectivity index (χ4v) is 4.26. The molecule has 0 aromatic rings. The third kappa shape index (κ3) is 3.76. The molecule has 4 unspecified atom stereocenters. The van der Waals surface area contributed by atoms with Crippen LogP contribution >= 0.6 is 0 Å². The molecule has 1 nitrogen and oxygen atoms in total. The van der Waals surface area contributed by atoms with Crippen LogP contribution < -0.4 is 0 Å². The van der Waals surface area contributed by atoms with Crippen molar-refractivity contribution < 1.29 is 18.0 Å². The highest BCUT2D eigenvalue weighted by atomic mass is 19.4. The Morgan fingerprint density at radius 2 is 1.50 bits per heavy atom. The van der Waals surface area contributed by atoms with E-state index in [4.69, 9.17) is 0 Å². The lowest BCUT2D eigenvalue weighted by Gasteiger charge is -2.35. The highest BCUT2D eigenvalue weighted by Crippen LogP contribution is 2.43. The molecule has 2 rings (SSSR count). The van der Waals surface area contributed by atoms with Crippen molar-refractivity contribution in [3.8, 4) is 0 Å². The fourth-order valence-electron chi connectivity index (χ4n) is 4.26. The maximum atomic E-state index is 12.8. The molecule has 20 heavy (non-hydrogen) atoms. The van der Waals surface area contributed by atoms with Gasteiger partial charge in [0, 0.05) is 11.8 Å². The third-order valence-electron chi connectivity index (χ3n) is 5.12. The summed E-state index contributed by atoms with van der Waals surface area (Å²) >= 11 is 0. The molecule has 2 aliphatic carbocycles. The average molecular weight is 290 g/mol. The molecule has 0 heterocycles. The van der Waals surface area contributed by atoms with Crippen molar-refractivity contribution in [2.24, 2.45) is 29.6 Å². The molecule has 116 valence electrons. The predicted molar refractivity (Wildman–Crippen MR) is 72.2 cm³/mol. The van der Waals surface area contributed by atoms with Gasteiger partial charge in [0.15, 0.2) is 0 Å². The molecule has 0 N–H and O–H groups in total. The zero-order chi connectivity index (χ0) is 14.9. The van der Waals surface area contributed by atoms with E-state index in [9.17, 15) is 18.0 Å². The summed E-state index contributed by atoms with van der Waals surface area (Å²) in [6.07, 6.45) is 0.174. The fraction of sp³-hybridized carbons (Fsp3) is 0.938. The largest absolute Gasteiger partial charge is 0.391 e. The van der Waals surface area contributed by atoms with E-state index in [-0.39, 0.29) is 30.5 Å². The van der Waals surface area contributed by atoms with Gasteiger partial charge in [-0.2, -0.15) is 13.2 Å². The molecule has 0 bridgehead atoms. The Morgan fingerprint density at radius 3 is 2.05 bits per heavy atom. The quantitative estimate of drug-likeness (QED) is 0.699. The van der Waals surface area contributed by atoms with Gasteiger partial charge < -0.3 is 0 Å². The Hall–Kier alpha value is -0.540. The van der Waals surface area contributed by atoms with Crippen LogP contribution in [-0.2, 0) is 4.79 Å². The minimum atomic E-state index is -4.13. The van der Waals surface area contributed by atoms with Crippen LogP contribution in [0.2, 0.25) is 0 Å². The van der Waals surface area contributed by atoms with Crippen molar-refractivity contribution in [2.75, 3.05) is 0 Å². The Labute approximate surface area is 119 Å². The first kappa shape index (κ1) is 15.8. The van der Waals surface area contributed by atoms with Gasteiger partial charge in [0.1, 0.15) is 5.78 Å². The Bertz CT molecular complexity index is 340. The SMILES string of the molecule is CC1CC(C)CC(C(=O)C2CCCC(C(F)(F)F)C2)C1. The summed E-state index contributed by atoms with van der Waals surface area (Å²) in [7, 11) is 0. The maximum Gasteiger partial charge on any atom is 0.391 e. The van der Waals surface area contributed by atoms with Crippen LogP contribution in [-0.4, -0.2) is 12.0 Å². The summed E-state index contributed by atoms with van der Waals surface area (Å²) in [5.74, 6) is -0.436. The molecule has 2 fully saturated rings. The van der Waals surface area contributed by atoms with Gasteiger partial charge in [-0.05, 0) is 50.4 Å². The summed E-state index contributed by atoms with van der Waals surface area (Å²) in [6, 6.07) is 0. The lowest BCUT2D eigenvalue weighted by molar-refractivity contribution is -0.186. The van der Waals surface area contributed by atoms with E-state index in [1.54, 1.807) is 0 Å². The van der Waals surface area contributed by atoms with Crippen LogP contribution in [0.25, 0.3) is 0 Å². The molecular weight excluding hydrogens is 265 g/mol. The predicted octanol–water partition coefficient (Wildman–Crippen LogP) is 5.00. The Balaban J connectivity index is 1.98. The van der Waals surface area contributed by atoms with E-state index in [1.807, 2.05) is 0 Å². The number of alkyl halides is 3. The lowest BCUT2D eigenvalue weighted by Crippen LogP contribution is -2.36. The maximum absolute atomic E-state index is 12.8. The molecular formula is C16H25F3O. The zero-order valence-corrected chi connectivity index (χ0v) is 12.4. The van der Waals surface area contributed by atoms with Gasteiger partial charge in [-0.25, -0.2) is 0 Å². The van der Waals surface area contributed by atoms with Gasteiger partial charge in [-0.3, -0.25) is 4.79 Å². The van der Waals surface area contributed by atoms with Crippen molar-refractivity contribution >= 4 is 5.78 Å². The molecule has 0 aromatic heterocycles. The van der Waals surface area contributed by atoms with Crippen LogP contribution in [0, 0.1) is 29.6 Å². The second kappa shape index (κ2) is 6.07. The summed E-state index contributed by atoms with van der Waals surface area (Å²) < 4.78 is 38.5. The normalized spacial score (nSPS) is 39.5. The van der Waals surface area contributed by atoms with Crippen molar-refractivity contribution in [3.63, 3.8) is 0 Å². The third-order valence-corrected chi connectivity index (χ3v) is 5.12. The first-order valence-corrected chi connectivity index (χ1v) is 7.87. The van der Waals surface area contributed by atoms with E-state index >= 15 is 0 Å². The average Bonchev–Trinajstić information content (AvgIpc) is 2.36. The summed E-state index contributed by atoms with van der Waals surface area (Å²) in [5.41, 5.74) is 0. The molecule has 4 atom stereocenters. The van der Waals surface area contributed by atoms with Crippen molar-refractivity contribution in [1.29, 1.82) is 0 Å².